The molecule has 1 aliphatic rings. The Morgan fingerprint density at radius 3 is 2.41 bits per heavy atom. The van der Waals surface area contributed by atoms with E-state index in [2.05, 4.69) is 0 Å². The van der Waals surface area contributed by atoms with Gasteiger partial charge in [0.2, 0.25) is 5.78 Å². The van der Waals surface area contributed by atoms with Crippen molar-refractivity contribution in [3.05, 3.63) is 32.8 Å². The number of hydrogen-bond donors (Lipinski definition) is 2. The van der Waals surface area contributed by atoms with Crippen LogP contribution in [-0.4, -0.2) is 22.0 Å². The molecule has 6 heteroatoms. The number of benzene rings is 1. The van der Waals surface area contributed by atoms with E-state index in [4.69, 9.17) is 28.3 Å². The molecule has 2 rings (SSSR count). The number of aryl methyl sites for hydroxylation is 1. The van der Waals surface area contributed by atoms with Crippen LogP contribution in [0.2, 0.25) is 5.02 Å². The van der Waals surface area contributed by atoms with Gasteiger partial charge in [0.25, 0.3) is 0 Å². The number of rotatable bonds is 1. The fraction of sp³-hybridized carbons (Fsp3) is 0.0909. The van der Waals surface area contributed by atoms with Crippen molar-refractivity contribution in [1.82, 2.24) is 0 Å². The number of phenols is 1. The lowest BCUT2D eigenvalue weighted by Gasteiger charge is -2.08. The summed E-state index contributed by atoms with van der Waals surface area (Å²) < 4.78 is 0. The van der Waals surface area contributed by atoms with E-state index in [0.29, 0.717) is 5.56 Å². The molecule has 17 heavy (non-hydrogen) atoms. The molecule has 1 aromatic carbocycles. The van der Waals surface area contributed by atoms with Crippen molar-refractivity contribution >= 4 is 40.5 Å². The Morgan fingerprint density at radius 2 is 1.88 bits per heavy atom. The minimum absolute atomic E-state index is 0.00772. The molecule has 0 bridgehead atoms. The topological polar surface area (TPSA) is 74.6 Å². The van der Waals surface area contributed by atoms with Crippen LogP contribution in [0, 0.1) is 6.92 Å². The van der Waals surface area contributed by atoms with Crippen molar-refractivity contribution < 1.29 is 19.8 Å². The first-order valence-electron chi connectivity index (χ1n) is 4.56. The molecular weight excluding hydrogens is 267 g/mol. The summed E-state index contributed by atoms with van der Waals surface area (Å²) in [6.45, 7) is 1.60. The van der Waals surface area contributed by atoms with Gasteiger partial charge in [-0.3, -0.25) is 4.79 Å². The van der Waals surface area contributed by atoms with Crippen LogP contribution in [0.3, 0.4) is 0 Å². The number of halogens is 2. The van der Waals surface area contributed by atoms with Gasteiger partial charge in [-0.15, -0.1) is 0 Å². The number of carboxylic acid groups (broad SMARTS) is 1. The second-order valence-electron chi connectivity index (χ2n) is 3.60. The molecule has 1 aliphatic carbocycles. The Morgan fingerprint density at radius 1 is 1.29 bits per heavy atom. The van der Waals surface area contributed by atoms with Gasteiger partial charge in [-0.25, -0.2) is 4.79 Å². The van der Waals surface area contributed by atoms with Crippen molar-refractivity contribution in [1.29, 1.82) is 0 Å². The summed E-state index contributed by atoms with van der Waals surface area (Å²) in [7, 11) is 0. The summed E-state index contributed by atoms with van der Waals surface area (Å²) in [5.41, 5.74) is -0.0498. The Hall–Kier alpha value is -1.52. The number of ketones is 1. The quantitative estimate of drug-likeness (QED) is 0.824. The van der Waals surface area contributed by atoms with Gasteiger partial charge < -0.3 is 10.2 Å². The number of Topliss-reactive ketones (excluding diaryl/α,β-unsaturated/α-hetero) is 1. The largest absolute Gasteiger partial charge is 0.507 e. The molecule has 0 fully saturated rings. The van der Waals surface area contributed by atoms with Crippen LogP contribution in [0.15, 0.2) is 11.1 Å². The van der Waals surface area contributed by atoms with Gasteiger partial charge in [0.05, 0.1) is 16.2 Å². The normalized spacial score (nSPS) is 14.2. The highest BCUT2D eigenvalue weighted by Crippen LogP contribution is 2.44. The fourth-order valence-electron chi connectivity index (χ4n) is 1.77. The van der Waals surface area contributed by atoms with Crippen molar-refractivity contribution in [2.45, 2.75) is 6.92 Å². The van der Waals surface area contributed by atoms with E-state index in [1.807, 2.05) is 0 Å². The lowest BCUT2D eigenvalue weighted by Crippen LogP contribution is -2.00. The minimum atomic E-state index is -1.35. The Labute approximate surface area is 106 Å². The standard InChI is InChI=1S/C11H6Cl2O4/c1-3-2-4(14)5-6(8(3)12)7(11(16)17)9(13)10(5)15/h2,14H,1H3,(H,16,17). The maximum absolute atomic E-state index is 11.7. The molecule has 4 nitrogen and oxygen atoms in total. The summed E-state index contributed by atoms with van der Waals surface area (Å²) in [5.74, 6) is -2.39. The molecule has 0 aliphatic heterocycles. The molecule has 88 valence electrons. The van der Waals surface area contributed by atoms with Gasteiger partial charge in [0.1, 0.15) is 10.8 Å². The summed E-state index contributed by atoms with van der Waals surface area (Å²) >= 11 is 11.6. The molecule has 0 saturated heterocycles. The van der Waals surface area contributed by atoms with Crippen LogP contribution in [0.1, 0.15) is 21.5 Å². The van der Waals surface area contributed by atoms with Crippen LogP contribution in [0.25, 0.3) is 5.57 Å². The van der Waals surface area contributed by atoms with E-state index in [-0.39, 0.29) is 27.5 Å². The lowest BCUT2D eigenvalue weighted by atomic mass is 10.0. The molecule has 0 aromatic heterocycles. The number of aliphatic carboxylic acids is 1. The second-order valence-corrected chi connectivity index (χ2v) is 4.36. The average Bonchev–Trinajstić information content (AvgIpc) is 2.49. The zero-order valence-corrected chi connectivity index (χ0v) is 10.1. The predicted octanol–water partition coefficient (Wildman–Crippen LogP) is 2.58. The molecule has 0 saturated carbocycles. The predicted molar refractivity (Wildman–Crippen MR) is 62.6 cm³/mol. The maximum atomic E-state index is 11.7. The van der Waals surface area contributed by atoms with E-state index in [9.17, 15) is 14.7 Å². The molecule has 1 aromatic rings. The molecule has 0 radical (unpaired) electrons. The van der Waals surface area contributed by atoms with Gasteiger partial charge in [-0.2, -0.15) is 0 Å². The van der Waals surface area contributed by atoms with E-state index in [1.54, 1.807) is 6.92 Å². The highest BCUT2D eigenvalue weighted by atomic mass is 35.5. The molecule has 0 spiro atoms. The summed E-state index contributed by atoms with van der Waals surface area (Å²) in [6.07, 6.45) is 0. The van der Waals surface area contributed by atoms with E-state index >= 15 is 0 Å². The maximum Gasteiger partial charge on any atom is 0.338 e. The van der Waals surface area contributed by atoms with Crippen molar-refractivity contribution in [2.24, 2.45) is 0 Å². The molecule has 0 heterocycles. The SMILES string of the molecule is Cc1cc(O)c2c(c1Cl)C(C(=O)O)=C(Cl)C2=O. The van der Waals surface area contributed by atoms with E-state index in [0.717, 1.165) is 0 Å². The van der Waals surface area contributed by atoms with Crippen LogP contribution in [0.4, 0.5) is 0 Å². The molecular formula is C11H6Cl2O4. The van der Waals surface area contributed by atoms with Crippen molar-refractivity contribution in [3.63, 3.8) is 0 Å². The fourth-order valence-corrected chi connectivity index (χ4v) is 2.29. The number of carbonyl (C=O) groups excluding carboxylic acids is 1. The van der Waals surface area contributed by atoms with E-state index < -0.39 is 16.8 Å². The van der Waals surface area contributed by atoms with Crippen LogP contribution in [-0.2, 0) is 4.79 Å². The first-order valence-corrected chi connectivity index (χ1v) is 5.32. The van der Waals surface area contributed by atoms with Gasteiger partial charge >= 0.3 is 5.97 Å². The van der Waals surface area contributed by atoms with Gasteiger partial charge in [-0.1, -0.05) is 23.2 Å². The first-order chi connectivity index (χ1) is 7.86. The van der Waals surface area contributed by atoms with E-state index in [1.165, 1.54) is 6.07 Å². The Balaban J connectivity index is 2.91. The smallest absolute Gasteiger partial charge is 0.338 e. The molecule has 0 unspecified atom stereocenters. The Kier molecular flexibility index (Phi) is 2.64. The number of carbonyl (C=O) groups is 2. The number of aromatic hydroxyl groups is 1. The summed E-state index contributed by atoms with van der Waals surface area (Å²) in [6, 6.07) is 1.30. The van der Waals surface area contributed by atoms with Gasteiger partial charge in [0, 0.05) is 5.56 Å². The summed E-state index contributed by atoms with van der Waals surface area (Å²) in [5, 5.41) is 18.4. The van der Waals surface area contributed by atoms with Crippen molar-refractivity contribution in [2.75, 3.05) is 0 Å². The first kappa shape index (κ1) is 12.0. The van der Waals surface area contributed by atoms with Gasteiger partial charge in [0.15, 0.2) is 0 Å². The van der Waals surface area contributed by atoms with Crippen LogP contribution >= 0.6 is 23.2 Å². The number of allylic oxidation sites excluding steroid dienone is 1. The Bertz CT molecular complexity index is 602. The molecule has 0 atom stereocenters. The minimum Gasteiger partial charge on any atom is -0.507 e. The van der Waals surface area contributed by atoms with Crippen LogP contribution < -0.4 is 0 Å². The zero-order valence-electron chi connectivity index (χ0n) is 8.54. The highest BCUT2D eigenvalue weighted by Gasteiger charge is 2.37. The average molecular weight is 273 g/mol. The monoisotopic (exact) mass is 272 g/mol. The molecule has 0 amide bonds. The third-order valence-corrected chi connectivity index (χ3v) is 3.38. The zero-order chi connectivity index (χ0) is 12.9. The lowest BCUT2D eigenvalue weighted by molar-refractivity contribution is -0.130. The third kappa shape index (κ3) is 1.52. The number of phenolic OH excluding ortho intramolecular Hbond substituents is 1. The van der Waals surface area contributed by atoms with Crippen molar-refractivity contribution in [3.8, 4) is 5.75 Å². The number of fused-ring (bicyclic) bond motifs is 1. The summed E-state index contributed by atoms with van der Waals surface area (Å²) in [4.78, 5) is 22.8. The number of hydrogen-bond acceptors (Lipinski definition) is 3. The number of carboxylic acids is 1. The third-order valence-electron chi connectivity index (χ3n) is 2.53. The highest BCUT2D eigenvalue weighted by molar-refractivity contribution is 6.56. The van der Waals surface area contributed by atoms with Crippen LogP contribution in [0.5, 0.6) is 5.75 Å². The second kappa shape index (κ2) is 3.75. The van der Waals surface area contributed by atoms with Gasteiger partial charge in [-0.05, 0) is 18.6 Å². The molecule has 2 N–H and O–H groups in total.